The fourth-order valence-electron chi connectivity index (χ4n) is 3.72. The average molecular weight is 362 g/mol. The molecule has 0 N–H and O–H groups in total. The van der Waals surface area contributed by atoms with E-state index in [-0.39, 0.29) is 0 Å². The predicted molar refractivity (Wildman–Crippen MR) is 116 cm³/mol. The number of rotatable bonds is 16. The van der Waals surface area contributed by atoms with Gasteiger partial charge in [-0.3, -0.25) is 0 Å². The third-order valence-electron chi connectivity index (χ3n) is 5.55. The Kier molecular flexibility index (Phi) is 13.3. The molecule has 26 heavy (non-hydrogen) atoms. The number of pyridine rings is 1. The molecular formula is C24H45N2+. The van der Waals surface area contributed by atoms with Crippen molar-refractivity contribution in [2.45, 2.75) is 111 Å². The van der Waals surface area contributed by atoms with Crippen LogP contribution in [0.15, 0.2) is 24.5 Å². The van der Waals surface area contributed by atoms with Crippen LogP contribution in [0.2, 0.25) is 0 Å². The minimum Gasteiger partial charge on any atom is -0.371 e. The monoisotopic (exact) mass is 361 g/mol. The van der Waals surface area contributed by atoms with E-state index in [1.54, 1.807) is 0 Å². The molecule has 1 rings (SSSR count). The zero-order valence-electron chi connectivity index (χ0n) is 18.2. The highest BCUT2D eigenvalue weighted by Gasteiger charge is 2.16. The van der Waals surface area contributed by atoms with Gasteiger partial charge in [0.05, 0.1) is 0 Å². The second-order valence-electron chi connectivity index (χ2n) is 7.82. The van der Waals surface area contributed by atoms with Gasteiger partial charge < -0.3 is 4.90 Å². The Hall–Kier alpha value is -1.05. The van der Waals surface area contributed by atoms with Gasteiger partial charge in [0, 0.05) is 43.8 Å². The molecule has 0 aliphatic rings. The molecule has 0 radical (unpaired) electrons. The quantitative estimate of drug-likeness (QED) is 0.225. The summed E-state index contributed by atoms with van der Waals surface area (Å²) in [5.41, 5.74) is 1.42. The van der Waals surface area contributed by atoms with Gasteiger partial charge in [-0.1, -0.05) is 72.6 Å². The first kappa shape index (κ1) is 23.0. The molecule has 2 heteroatoms. The maximum absolute atomic E-state index is 2.63. The molecular weight excluding hydrogens is 316 g/mol. The molecule has 1 aromatic heterocycles. The lowest BCUT2D eigenvalue weighted by Gasteiger charge is -2.25. The van der Waals surface area contributed by atoms with Gasteiger partial charge in [-0.25, -0.2) is 4.57 Å². The molecule has 0 saturated heterocycles. The van der Waals surface area contributed by atoms with E-state index < -0.39 is 0 Å². The zero-order valence-corrected chi connectivity index (χ0v) is 18.2. The van der Waals surface area contributed by atoms with Crippen LogP contribution in [-0.2, 0) is 0 Å². The minimum atomic E-state index is 0.659. The molecule has 1 unspecified atom stereocenters. The molecule has 150 valence electrons. The standard InChI is InChI=1S/C24H45N2/c1-5-9-12-14-19-25(20-15-13-10-6-2)24-17-21-26(22-18-24)23(8-4)16-11-7-3/h17-18,21-23H,5-16,19-20H2,1-4H3/q+1. The van der Waals surface area contributed by atoms with Crippen molar-refractivity contribution in [3.05, 3.63) is 24.5 Å². The van der Waals surface area contributed by atoms with Gasteiger partial charge in [-0.05, 0) is 19.3 Å². The Morgan fingerprint density at radius 1 is 0.731 bits per heavy atom. The fourth-order valence-corrected chi connectivity index (χ4v) is 3.72. The lowest BCUT2D eigenvalue weighted by molar-refractivity contribution is -0.724. The average Bonchev–Trinajstić information content (AvgIpc) is 2.68. The van der Waals surface area contributed by atoms with Crippen molar-refractivity contribution in [3.8, 4) is 0 Å². The molecule has 0 amide bonds. The molecule has 0 aromatic carbocycles. The Balaban J connectivity index is 2.67. The maximum Gasteiger partial charge on any atom is 0.171 e. The molecule has 1 aromatic rings. The molecule has 0 saturated carbocycles. The predicted octanol–water partition coefficient (Wildman–Crippen LogP) is 7.08. The molecule has 1 atom stereocenters. The topological polar surface area (TPSA) is 7.12 Å². The second-order valence-corrected chi connectivity index (χ2v) is 7.82. The number of hydrogen-bond acceptors (Lipinski definition) is 1. The summed E-state index contributed by atoms with van der Waals surface area (Å²) in [6.07, 6.45) is 20.5. The second kappa shape index (κ2) is 15.1. The molecule has 0 bridgehead atoms. The Morgan fingerprint density at radius 2 is 1.27 bits per heavy atom. The highest BCUT2D eigenvalue weighted by molar-refractivity contribution is 5.43. The third kappa shape index (κ3) is 9.05. The first-order chi connectivity index (χ1) is 12.8. The van der Waals surface area contributed by atoms with Crippen LogP contribution < -0.4 is 9.47 Å². The summed E-state index contributed by atoms with van der Waals surface area (Å²) in [7, 11) is 0. The summed E-state index contributed by atoms with van der Waals surface area (Å²) in [6.45, 7) is 11.6. The summed E-state index contributed by atoms with van der Waals surface area (Å²) in [4.78, 5) is 2.63. The van der Waals surface area contributed by atoms with E-state index in [9.17, 15) is 0 Å². The van der Waals surface area contributed by atoms with Crippen LogP contribution in [0.3, 0.4) is 0 Å². The summed E-state index contributed by atoms with van der Waals surface area (Å²) < 4.78 is 2.44. The zero-order chi connectivity index (χ0) is 19.0. The van der Waals surface area contributed by atoms with Crippen LogP contribution in [0.5, 0.6) is 0 Å². The van der Waals surface area contributed by atoms with Gasteiger partial charge in [0.2, 0.25) is 0 Å². The van der Waals surface area contributed by atoms with Crippen molar-refractivity contribution in [2.24, 2.45) is 0 Å². The Morgan fingerprint density at radius 3 is 1.73 bits per heavy atom. The lowest BCUT2D eigenvalue weighted by Crippen LogP contribution is -2.39. The Labute approximate surface area is 164 Å². The summed E-state index contributed by atoms with van der Waals surface area (Å²) in [5.74, 6) is 0. The van der Waals surface area contributed by atoms with Crippen molar-refractivity contribution >= 4 is 5.69 Å². The highest BCUT2D eigenvalue weighted by atomic mass is 15.1. The van der Waals surface area contributed by atoms with Crippen LogP contribution in [0.4, 0.5) is 5.69 Å². The van der Waals surface area contributed by atoms with Crippen molar-refractivity contribution in [3.63, 3.8) is 0 Å². The first-order valence-corrected chi connectivity index (χ1v) is 11.5. The van der Waals surface area contributed by atoms with E-state index in [1.165, 1.54) is 95.8 Å². The van der Waals surface area contributed by atoms with Crippen molar-refractivity contribution < 1.29 is 4.57 Å². The van der Waals surface area contributed by atoms with E-state index >= 15 is 0 Å². The van der Waals surface area contributed by atoms with Gasteiger partial charge in [0.25, 0.3) is 0 Å². The van der Waals surface area contributed by atoms with Crippen molar-refractivity contribution in [1.29, 1.82) is 0 Å². The summed E-state index contributed by atoms with van der Waals surface area (Å²) in [6, 6.07) is 5.37. The molecule has 0 aliphatic carbocycles. The fraction of sp³-hybridized carbons (Fsp3) is 0.792. The van der Waals surface area contributed by atoms with Crippen LogP contribution in [0.1, 0.15) is 111 Å². The van der Waals surface area contributed by atoms with Crippen molar-refractivity contribution in [2.75, 3.05) is 18.0 Å². The molecule has 1 heterocycles. The van der Waals surface area contributed by atoms with Gasteiger partial charge in [-0.2, -0.15) is 0 Å². The van der Waals surface area contributed by atoms with Crippen LogP contribution in [-0.4, -0.2) is 13.1 Å². The van der Waals surface area contributed by atoms with Gasteiger partial charge in [-0.15, -0.1) is 0 Å². The van der Waals surface area contributed by atoms with Crippen LogP contribution in [0, 0.1) is 0 Å². The van der Waals surface area contributed by atoms with Gasteiger partial charge in [0.1, 0.15) is 0 Å². The molecule has 0 spiro atoms. The molecule has 0 aliphatic heterocycles. The number of anilines is 1. The Bertz CT molecular complexity index is 414. The van der Waals surface area contributed by atoms with Crippen molar-refractivity contribution in [1.82, 2.24) is 0 Å². The minimum absolute atomic E-state index is 0.659. The normalized spacial score (nSPS) is 12.3. The van der Waals surface area contributed by atoms with E-state index in [4.69, 9.17) is 0 Å². The largest absolute Gasteiger partial charge is 0.371 e. The van der Waals surface area contributed by atoms with Crippen LogP contribution in [0.25, 0.3) is 0 Å². The molecule has 2 nitrogen and oxygen atoms in total. The van der Waals surface area contributed by atoms with Gasteiger partial charge >= 0.3 is 0 Å². The smallest absolute Gasteiger partial charge is 0.171 e. The maximum atomic E-state index is 2.63. The molecule has 0 fully saturated rings. The van der Waals surface area contributed by atoms with E-state index in [1.807, 2.05) is 0 Å². The number of nitrogens with zero attached hydrogens (tertiary/aromatic N) is 2. The third-order valence-corrected chi connectivity index (χ3v) is 5.55. The van der Waals surface area contributed by atoms with E-state index in [0.29, 0.717) is 6.04 Å². The van der Waals surface area contributed by atoms with E-state index in [0.717, 1.165) is 0 Å². The first-order valence-electron chi connectivity index (χ1n) is 11.5. The number of aromatic nitrogens is 1. The van der Waals surface area contributed by atoms with E-state index in [2.05, 4.69) is 61.7 Å². The van der Waals surface area contributed by atoms with Gasteiger partial charge in [0.15, 0.2) is 18.4 Å². The van der Waals surface area contributed by atoms with Crippen LogP contribution >= 0.6 is 0 Å². The summed E-state index contributed by atoms with van der Waals surface area (Å²) in [5, 5.41) is 0. The lowest BCUT2D eigenvalue weighted by atomic mass is 10.1. The number of hydrogen-bond donors (Lipinski definition) is 0. The number of unbranched alkanes of at least 4 members (excludes halogenated alkanes) is 7. The highest BCUT2D eigenvalue weighted by Crippen LogP contribution is 2.17. The summed E-state index contributed by atoms with van der Waals surface area (Å²) >= 11 is 0. The SMILES string of the molecule is CCCCCCN(CCCCCC)c1cc[n+](C(CC)CCCC)cc1.